The van der Waals surface area contributed by atoms with Crippen LogP contribution >= 0.6 is 7.82 Å². The molecular formula is C54H105NO8P+. The Hall–Kier alpha value is -1.51. The van der Waals surface area contributed by atoms with Gasteiger partial charge in [0.05, 0.1) is 27.7 Å². The Balaban J connectivity index is 4.21. The lowest BCUT2D eigenvalue weighted by Crippen LogP contribution is -2.37. The quantitative estimate of drug-likeness (QED) is 0.0211. The number of ether oxygens (including phenoxy) is 2. The summed E-state index contributed by atoms with van der Waals surface area (Å²) in [6.45, 7) is 4.43. The minimum absolute atomic E-state index is 0.0289. The van der Waals surface area contributed by atoms with Crippen LogP contribution in [0.25, 0.3) is 0 Å². The predicted molar refractivity (Wildman–Crippen MR) is 271 cm³/mol. The van der Waals surface area contributed by atoms with Gasteiger partial charge in [0.1, 0.15) is 19.8 Å². The topological polar surface area (TPSA) is 108 Å². The molecule has 0 rings (SSSR count). The van der Waals surface area contributed by atoms with E-state index in [4.69, 9.17) is 18.5 Å². The third-order valence-electron chi connectivity index (χ3n) is 12.0. The van der Waals surface area contributed by atoms with E-state index in [1.807, 2.05) is 21.1 Å². The summed E-state index contributed by atoms with van der Waals surface area (Å²) in [7, 11) is 1.47. The van der Waals surface area contributed by atoms with Crippen LogP contribution in [0.5, 0.6) is 0 Å². The average Bonchev–Trinajstić information content (AvgIpc) is 3.25. The van der Waals surface area contributed by atoms with Crippen molar-refractivity contribution in [2.24, 2.45) is 0 Å². The molecule has 378 valence electrons. The Morgan fingerprint density at radius 3 is 1.20 bits per heavy atom. The molecule has 0 radical (unpaired) electrons. The van der Waals surface area contributed by atoms with Gasteiger partial charge in [-0.05, 0) is 57.8 Å². The normalized spacial score (nSPS) is 13.5. The van der Waals surface area contributed by atoms with Gasteiger partial charge in [-0.1, -0.05) is 212 Å². The van der Waals surface area contributed by atoms with Crippen LogP contribution in [0.15, 0.2) is 24.3 Å². The summed E-state index contributed by atoms with van der Waals surface area (Å²) in [6, 6.07) is 0. The summed E-state index contributed by atoms with van der Waals surface area (Å²) in [4.78, 5) is 35.6. The Labute approximate surface area is 396 Å². The maximum atomic E-state index is 12.8. The molecule has 0 saturated heterocycles. The molecular weight excluding hydrogens is 822 g/mol. The molecule has 9 nitrogen and oxygen atoms in total. The summed E-state index contributed by atoms with van der Waals surface area (Å²) in [5.74, 6) is -0.829. The highest BCUT2D eigenvalue weighted by atomic mass is 31.2. The number of esters is 2. The molecule has 0 aliphatic heterocycles. The van der Waals surface area contributed by atoms with E-state index in [1.165, 1.54) is 180 Å². The van der Waals surface area contributed by atoms with Crippen molar-refractivity contribution in [3.05, 3.63) is 24.3 Å². The van der Waals surface area contributed by atoms with E-state index in [2.05, 4.69) is 38.2 Å². The fourth-order valence-corrected chi connectivity index (χ4v) is 8.46. The predicted octanol–water partition coefficient (Wildman–Crippen LogP) is 16.3. The van der Waals surface area contributed by atoms with Crippen LogP contribution in [-0.2, 0) is 32.7 Å². The van der Waals surface area contributed by atoms with Crippen molar-refractivity contribution in [2.45, 2.75) is 264 Å². The second-order valence-corrected chi connectivity index (χ2v) is 21.1. The Morgan fingerprint density at radius 2 is 0.812 bits per heavy atom. The van der Waals surface area contributed by atoms with Crippen molar-refractivity contribution >= 4 is 19.8 Å². The molecule has 1 N–H and O–H groups in total. The number of phosphoric acid groups is 1. The lowest BCUT2D eigenvalue weighted by molar-refractivity contribution is -0.870. The number of carbonyl (C=O) groups excluding carboxylic acids is 2. The first kappa shape index (κ1) is 62.5. The third-order valence-corrected chi connectivity index (χ3v) is 12.9. The number of carbonyl (C=O) groups is 2. The van der Waals surface area contributed by atoms with Crippen molar-refractivity contribution in [1.82, 2.24) is 0 Å². The number of unbranched alkanes of at least 4 members (excludes halogenated alkanes) is 32. The third kappa shape index (κ3) is 49.9. The highest BCUT2D eigenvalue weighted by Gasteiger charge is 2.27. The van der Waals surface area contributed by atoms with Gasteiger partial charge >= 0.3 is 19.8 Å². The van der Waals surface area contributed by atoms with Crippen LogP contribution in [0.3, 0.4) is 0 Å². The van der Waals surface area contributed by atoms with Gasteiger partial charge in [0.25, 0.3) is 0 Å². The van der Waals surface area contributed by atoms with Gasteiger partial charge in [-0.3, -0.25) is 18.6 Å². The van der Waals surface area contributed by atoms with Gasteiger partial charge < -0.3 is 18.9 Å². The van der Waals surface area contributed by atoms with Crippen LogP contribution in [0.1, 0.15) is 258 Å². The zero-order chi connectivity index (χ0) is 47.1. The van der Waals surface area contributed by atoms with Crippen molar-refractivity contribution < 1.29 is 42.1 Å². The lowest BCUT2D eigenvalue weighted by Gasteiger charge is -2.24. The van der Waals surface area contributed by atoms with Crippen LogP contribution in [0, 0.1) is 0 Å². The first-order valence-corrected chi connectivity index (χ1v) is 28.6. The van der Waals surface area contributed by atoms with Gasteiger partial charge in [-0.2, -0.15) is 0 Å². The molecule has 0 aromatic rings. The van der Waals surface area contributed by atoms with E-state index in [0.717, 1.165) is 38.5 Å². The number of hydrogen-bond donors (Lipinski definition) is 1. The van der Waals surface area contributed by atoms with Crippen molar-refractivity contribution in [3.8, 4) is 0 Å². The zero-order valence-electron chi connectivity index (χ0n) is 42.8. The second-order valence-electron chi connectivity index (χ2n) is 19.6. The van der Waals surface area contributed by atoms with E-state index in [9.17, 15) is 19.0 Å². The molecule has 64 heavy (non-hydrogen) atoms. The summed E-state index contributed by atoms with van der Waals surface area (Å²) < 4.78 is 34.4. The van der Waals surface area contributed by atoms with Gasteiger partial charge in [0, 0.05) is 12.8 Å². The first-order chi connectivity index (χ1) is 31.0. The van der Waals surface area contributed by atoms with Gasteiger partial charge in [-0.25, -0.2) is 4.57 Å². The molecule has 0 heterocycles. The highest BCUT2D eigenvalue weighted by molar-refractivity contribution is 7.47. The number of nitrogens with zero attached hydrogens (tertiary/aromatic N) is 1. The Morgan fingerprint density at radius 1 is 0.469 bits per heavy atom. The van der Waals surface area contributed by atoms with Crippen molar-refractivity contribution in [2.75, 3.05) is 47.5 Å². The molecule has 0 spiro atoms. The number of hydrogen-bond acceptors (Lipinski definition) is 7. The SMILES string of the molecule is CCCCCCCC/C=C/CCCCCCCCCC(=O)O[C@@H](COC(=O)CCC/C=C/CCCCCCCCCCCCCCCCCCCC)COP(=O)(O)OCC[N+](C)(C)C. The van der Waals surface area contributed by atoms with Crippen LogP contribution in [0.2, 0.25) is 0 Å². The number of likely N-dealkylation sites (N-methyl/N-ethyl adjacent to an activating group) is 1. The van der Waals surface area contributed by atoms with E-state index in [1.54, 1.807) is 0 Å². The largest absolute Gasteiger partial charge is 0.472 e. The summed E-state index contributed by atoms with van der Waals surface area (Å²) in [5, 5.41) is 0. The van der Waals surface area contributed by atoms with Crippen LogP contribution in [0.4, 0.5) is 0 Å². The molecule has 0 aromatic heterocycles. The Bertz CT molecular complexity index is 1140. The van der Waals surface area contributed by atoms with Crippen LogP contribution in [-0.4, -0.2) is 74.9 Å². The molecule has 0 amide bonds. The van der Waals surface area contributed by atoms with E-state index >= 15 is 0 Å². The fourth-order valence-electron chi connectivity index (χ4n) is 7.72. The van der Waals surface area contributed by atoms with E-state index < -0.39 is 32.5 Å². The monoisotopic (exact) mass is 927 g/mol. The van der Waals surface area contributed by atoms with Crippen LogP contribution < -0.4 is 0 Å². The molecule has 0 aliphatic rings. The molecule has 0 aliphatic carbocycles. The standard InChI is InChI=1S/C54H104NO8P/c1-6-8-10-12-14-16-18-20-22-24-25-26-27-28-29-31-32-34-36-38-40-42-44-46-53(56)60-50-52(51-62-64(58,59)61-49-48-55(3,4)5)63-54(57)47-45-43-41-39-37-35-33-30-23-21-19-17-15-13-11-9-7-2/h21,23,38,40,52H,6-20,22,24-37,39,41-51H2,1-5H3/p+1/b23-21+,40-38+/t52-/m0/s1. The summed E-state index contributed by atoms with van der Waals surface area (Å²) in [6.07, 6.45) is 53.9. The molecule has 2 atom stereocenters. The maximum absolute atomic E-state index is 12.8. The molecule has 10 heteroatoms. The fraction of sp³-hybridized carbons (Fsp3) is 0.889. The van der Waals surface area contributed by atoms with E-state index in [0.29, 0.717) is 23.9 Å². The van der Waals surface area contributed by atoms with Gasteiger partial charge in [0.15, 0.2) is 6.10 Å². The smallest absolute Gasteiger partial charge is 0.462 e. The van der Waals surface area contributed by atoms with Gasteiger partial charge in [-0.15, -0.1) is 0 Å². The average molecular weight is 927 g/mol. The molecule has 0 fully saturated rings. The lowest BCUT2D eigenvalue weighted by atomic mass is 10.0. The molecule has 0 bridgehead atoms. The molecule has 0 aromatic carbocycles. The number of rotatable bonds is 50. The second kappa shape index (κ2) is 46.6. The Kier molecular flexibility index (Phi) is 45.5. The highest BCUT2D eigenvalue weighted by Crippen LogP contribution is 2.43. The minimum atomic E-state index is -4.39. The molecule has 0 saturated carbocycles. The number of allylic oxidation sites excluding steroid dienone is 4. The van der Waals surface area contributed by atoms with Gasteiger partial charge in [0.2, 0.25) is 0 Å². The maximum Gasteiger partial charge on any atom is 0.472 e. The summed E-state index contributed by atoms with van der Waals surface area (Å²) in [5.41, 5.74) is 0. The number of phosphoric ester groups is 1. The van der Waals surface area contributed by atoms with Crippen molar-refractivity contribution in [1.29, 1.82) is 0 Å². The summed E-state index contributed by atoms with van der Waals surface area (Å²) >= 11 is 0. The zero-order valence-corrected chi connectivity index (χ0v) is 43.7. The number of quaternary nitrogens is 1. The first-order valence-electron chi connectivity index (χ1n) is 27.1. The van der Waals surface area contributed by atoms with E-state index in [-0.39, 0.29) is 26.1 Å². The minimum Gasteiger partial charge on any atom is -0.462 e. The molecule has 1 unspecified atom stereocenters. The van der Waals surface area contributed by atoms with Crippen molar-refractivity contribution in [3.63, 3.8) is 0 Å².